The molecule has 0 fully saturated rings. The molecular weight excluding hydrogens is 180 g/mol. The Morgan fingerprint density at radius 1 is 1.38 bits per heavy atom. The Balaban J connectivity index is 3.42. The molecule has 13 heavy (non-hydrogen) atoms. The molecule has 68 valence electrons. The third-order valence-electron chi connectivity index (χ3n) is 1.40. The van der Waals surface area contributed by atoms with E-state index >= 15 is 0 Å². The van der Waals surface area contributed by atoms with E-state index in [0.29, 0.717) is 0 Å². The number of halogens is 2. The van der Waals surface area contributed by atoms with E-state index in [9.17, 15) is 13.6 Å². The number of benzene rings is 1. The molecule has 0 heterocycles. The van der Waals surface area contributed by atoms with Crippen LogP contribution in [0.15, 0.2) is 17.1 Å². The summed E-state index contributed by atoms with van der Waals surface area (Å²) in [6.07, 6.45) is 1.12. The minimum absolute atomic E-state index is 0.400. The fourth-order valence-corrected chi connectivity index (χ4v) is 0.867. The Kier molecular flexibility index (Phi) is 2.72. The zero-order chi connectivity index (χ0) is 9.84. The van der Waals surface area contributed by atoms with Crippen LogP contribution in [0, 0.1) is 11.6 Å². The molecule has 0 spiro atoms. The van der Waals surface area contributed by atoms with Crippen molar-refractivity contribution < 1.29 is 18.3 Å². The van der Waals surface area contributed by atoms with E-state index in [1.54, 1.807) is 0 Å². The summed E-state index contributed by atoms with van der Waals surface area (Å²) in [5.41, 5.74) is -0.475. The Morgan fingerprint density at radius 2 is 2.00 bits per heavy atom. The van der Waals surface area contributed by atoms with Gasteiger partial charge in [-0.05, 0) is 12.1 Å². The minimum Gasteiger partial charge on any atom is -0.491 e. The summed E-state index contributed by atoms with van der Waals surface area (Å²) in [6, 6.07) is 1.74. The van der Waals surface area contributed by atoms with Gasteiger partial charge in [0.1, 0.15) is 0 Å². The summed E-state index contributed by atoms with van der Waals surface area (Å²) in [7, 11) is 1.15. The maximum Gasteiger partial charge on any atom is 0.240 e. The van der Waals surface area contributed by atoms with Gasteiger partial charge in [-0.3, -0.25) is 0 Å². The van der Waals surface area contributed by atoms with Crippen molar-refractivity contribution >= 4 is 11.8 Å². The quantitative estimate of drug-likeness (QED) is 0.521. The van der Waals surface area contributed by atoms with Gasteiger partial charge in [0.25, 0.3) is 0 Å². The number of methoxy groups -OCH3 is 1. The Hall–Kier alpha value is -1.74. The topological polar surface area (TPSA) is 38.7 Å². The predicted octanol–water partition coefficient (Wildman–Crippen LogP) is 1.94. The summed E-state index contributed by atoms with van der Waals surface area (Å²) >= 11 is 0. The van der Waals surface area contributed by atoms with Crippen LogP contribution in [0.5, 0.6) is 5.75 Å². The second-order valence-corrected chi connectivity index (χ2v) is 2.11. The van der Waals surface area contributed by atoms with Crippen LogP contribution in [0.4, 0.5) is 14.5 Å². The van der Waals surface area contributed by atoms with Gasteiger partial charge in [0.15, 0.2) is 23.1 Å². The molecule has 0 aliphatic rings. The van der Waals surface area contributed by atoms with Gasteiger partial charge < -0.3 is 4.74 Å². The van der Waals surface area contributed by atoms with Gasteiger partial charge in [-0.2, -0.15) is 4.99 Å². The lowest BCUT2D eigenvalue weighted by Gasteiger charge is -2.04. The van der Waals surface area contributed by atoms with E-state index in [2.05, 4.69) is 9.73 Å². The maximum atomic E-state index is 12.9. The number of isocyanates is 1. The Bertz CT molecular complexity index is 373. The van der Waals surface area contributed by atoms with Crippen LogP contribution in [-0.4, -0.2) is 13.2 Å². The van der Waals surface area contributed by atoms with Crippen LogP contribution >= 0.6 is 0 Å². The Labute approximate surface area is 72.7 Å². The molecule has 0 aromatic heterocycles. The SMILES string of the molecule is COc1c(F)ccc(F)c1N=C=O. The first-order valence-electron chi connectivity index (χ1n) is 3.30. The molecule has 3 nitrogen and oxygen atoms in total. The lowest BCUT2D eigenvalue weighted by molar-refractivity contribution is 0.384. The van der Waals surface area contributed by atoms with E-state index in [0.717, 1.165) is 25.3 Å². The van der Waals surface area contributed by atoms with Crippen LogP contribution in [-0.2, 0) is 4.79 Å². The zero-order valence-corrected chi connectivity index (χ0v) is 6.67. The van der Waals surface area contributed by atoms with Crippen molar-refractivity contribution in [3.05, 3.63) is 23.8 Å². The predicted molar refractivity (Wildman–Crippen MR) is 40.7 cm³/mol. The lowest BCUT2D eigenvalue weighted by atomic mass is 10.2. The second kappa shape index (κ2) is 3.78. The van der Waals surface area contributed by atoms with Gasteiger partial charge in [0.2, 0.25) is 6.08 Å². The Morgan fingerprint density at radius 3 is 2.54 bits per heavy atom. The van der Waals surface area contributed by atoms with Crippen LogP contribution in [0.3, 0.4) is 0 Å². The summed E-state index contributed by atoms with van der Waals surface area (Å²) in [6.45, 7) is 0. The number of ether oxygens (including phenoxy) is 1. The molecule has 0 bridgehead atoms. The van der Waals surface area contributed by atoms with Crippen molar-refractivity contribution in [2.75, 3.05) is 7.11 Å². The molecular formula is C8H5F2NO2. The van der Waals surface area contributed by atoms with E-state index < -0.39 is 23.1 Å². The standard InChI is InChI=1S/C8H5F2NO2/c1-13-8-6(10)3-2-5(9)7(8)11-4-12/h2-3H,1H3. The molecule has 0 unspecified atom stereocenters. The molecule has 0 amide bonds. The summed E-state index contributed by atoms with van der Waals surface area (Å²) in [5.74, 6) is -2.01. The lowest BCUT2D eigenvalue weighted by Crippen LogP contribution is -1.90. The largest absolute Gasteiger partial charge is 0.491 e. The molecule has 1 aromatic rings. The summed E-state index contributed by atoms with van der Waals surface area (Å²) in [5, 5.41) is 0. The molecule has 1 aromatic carbocycles. The van der Waals surface area contributed by atoms with Gasteiger partial charge >= 0.3 is 0 Å². The molecule has 0 atom stereocenters. The maximum absolute atomic E-state index is 12.9. The fraction of sp³-hybridized carbons (Fsp3) is 0.125. The van der Waals surface area contributed by atoms with Crippen LogP contribution in [0.25, 0.3) is 0 Å². The van der Waals surface area contributed by atoms with Gasteiger partial charge in [-0.1, -0.05) is 0 Å². The summed E-state index contributed by atoms with van der Waals surface area (Å²) < 4.78 is 30.3. The third-order valence-corrected chi connectivity index (χ3v) is 1.40. The molecule has 1 rings (SSSR count). The van der Waals surface area contributed by atoms with Crippen LogP contribution in [0.2, 0.25) is 0 Å². The normalized spacial score (nSPS) is 9.15. The zero-order valence-electron chi connectivity index (χ0n) is 6.67. The molecule has 0 N–H and O–H groups in total. The highest BCUT2D eigenvalue weighted by atomic mass is 19.1. The second-order valence-electron chi connectivity index (χ2n) is 2.11. The third kappa shape index (κ3) is 1.71. The van der Waals surface area contributed by atoms with Gasteiger partial charge in [-0.25, -0.2) is 13.6 Å². The molecule has 5 heteroatoms. The van der Waals surface area contributed by atoms with Crippen molar-refractivity contribution in [3.8, 4) is 5.75 Å². The first-order valence-corrected chi connectivity index (χ1v) is 3.30. The smallest absolute Gasteiger partial charge is 0.240 e. The van der Waals surface area contributed by atoms with E-state index in [1.165, 1.54) is 0 Å². The highest BCUT2D eigenvalue weighted by Gasteiger charge is 2.13. The number of carbonyl (C=O) groups excluding carboxylic acids is 1. The number of rotatable bonds is 2. The first-order chi connectivity index (χ1) is 6.20. The fourth-order valence-electron chi connectivity index (χ4n) is 0.867. The molecule has 0 aliphatic heterocycles. The highest BCUT2D eigenvalue weighted by molar-refractivity contribution is 5.58. The number of aliphatic imine (C=N–C) groups is 1. The average Bonchev–Trinajstić information content (AvgIpc) is 2.12. The number of hydrogen-bond donors (Lipinski definition) is 0. The molecule has 0 saturated heterocycles. The van der Waals surface area contributed by atoms with E-state index in [4.69, 9.17) is 0 Å². The molecule has 0 radical (unpaired) electrons. The monoisotopic (exact) mass is 185 g/mol. The van der Waals surface area contributed by atoms with Gasteiger partial charge in [-0.15, -0.1) is 0 Å². The summed E-state index contributed by atoms with van der Waals surface area (Å²) in [4.78, 5) is 12.9. The molecule has 0 aliphatic carbocycles. The number of hydrogen-bond acceptors (Lipinski definition) is 3. The van der Waals surface area contributed by atoms with Crippen LogP contribution < -0.4 is 4.74 Å². The van der Waals surface area contributed by atoms with Crippen molar-refractivity contribution in [2.45, 2.75) is 0 Å². The molecule has 0 saturated carbocycles. The number of nitrogens with zero attached hydrogens (tertiary/aromatic N) is 1. The van der Waals surface area contributed by atoms with Crippen molar-refractivity contribution in [2.24, 2.45) is 4.99 Å². The first kappa shape index (κ1) is 9.35. The average molecular weight is 185 g/mol. The van der Waals surface area contributed by atoms with Gasteiger partial charge in [0.05, 0.1) is 7.11 Å². The highest BCUT2D eigenvalue weighted by Crippen LogP contribution is 2.32. The van der Waals surface area contributed by atoms with E-state index in [-0.39, 0.29) is 0 Å². The minimum atomic E-state index is -0.832. The van der Waals surface area contributed by atoms with Crippen molar-refractivity contribution in [3.63, 3.8) is 0 Å². The van der Waals surface area contributed by atoms with Gasteiger partial charge in [0, 0.05) is 0 Å². The van der Waals surface area contributed by atoms with E-state index in [1.807, 2.05) is 0 Å². The van der Waals surface area contributed by atoms with Crippen molar-refractivity contribution in [1.29, 1.82) is 0 Å². The van der Waals surface area contributed by atoms with Crippen molar-refractivity contribution in [1.82, 2.24) is 0 Å². The van der Waals surface area contributed by atoms with Crippen LogP contribution in [0.1, 0.15) is 0 Å².